The summed E-state index contributed by atoms with van der Waals surface area (Å²) in [6.45, 7) is 8.45. The molecule has 1 aromatic heterocycles. The van der Waals surface area contributed by atoms with Crippen LogP contribution in [0.1, 0.15) is 32.2 Å². The fourth-order valence-electron chi connectivity index (χ4n) is 2.52. The van der Waals surface area contributed by atoms with E-state index < -0.39 is 0 Å². The van der Waals surface area contributed by atoms with E-state index in [0.29, 0.717) is 19.7 Å². The van der Waals surface area contributed by atoms with Crippen molar-refractivity contribution in [3.63, 3.8) is 0 Å². The second kappa shape index (κ2) is 10.5. The first-order chi connectivity index (χ1) is 12.3. The lowest BCUT2D eigenvalue weighted by Gasteiger charge is -2.22. The molecular weight excluding hydrogens is 455 g/mol. The van der Waals surface area contributed by atoms with Gasteiger partial charge in [-0.25, -0.2) is 4.98 Å². The summed E-state index contributed by atoms with van der Waals surface area (Å²) < 4.78 is 7.64. The van der Waals surface area contributed by atoms with Crippen LogP contribution in [0, 0.1) is 0 Å². The van der Waals surface area contributed by atoms with Crippen LogP contribution in [-0.2, 0) is 19.0 Å². The maximum atomic E-state index is 5.88. The van der Waals surface area contributed by atoms with Gasteiger partial charge in [0, 0.05) is 21.1 Å². The number of benzene rings is 1. The van der Waals surface area contributed by atoms with E-state index in [1.807, 2.05) is 31.1 Å². The smallest absolute Gasteiger partial charge is 0.193 e. The molecule has 150 valence electrons. The van der Waals surface area contributed by atoms with Gasteiger partial charge in [-0.15, -0.1) is 24.0 Å². The third-order valence-electron chi connectivity index (χ3n) is 4.11. The van der Waals surface area contributed by atoms with Crippen molar-refractivity contribution in [2.24, 2.45) is 12.0 Å². The molecule has 1 aromatic carbocycles. The third-order valence-corrected chi connectivity index (χ3v) is 4.11. The van der Waals surface area contributed by atoms with Crippen LogP contribution in [0.2, 0.25) is 0 Å². The predicted octanol–water partition coefficient (Wildman–Crippen LogP) is 2.82. The number of aliphatic imine (C=N–C) groups is 1. The monoisotopic (exact) mass is 486 g/mol. The lowest BCUT2D eigenvalue weighted by atomic mass is 9.87. The van der Waals surface area contributed by atoms with Crippen LogP contribution < -0.4 is 10.1 Å². The number of guanidine groups is 1. The standard InChI is InChI=1S/C19H30N6O.HI/c1-19(2,3)15-8-7-9-16(12-15)26-11-10-21-18(20-4)24(5)13-17-22-14-23-25(17)6;/h7-9,12,14H,10-11,13H2,1-6H3,(H,20,21);1H. The molecule has 7 nitrogen and oxygen atoms in total. The Balaban J connectivity index is 0.00000364. The summed E-state index contributed by atoms with van der Waals surface area (Å²) >= 11 is 0. The van der Waals surface area contributed by atoms with Crippen molar-refractivity contribution in [2.45, 2.75) is 32.7 Å². The Morgan fingerprint density at radius 3 is 2.67 bits per heavy atom. The maximum absolute atomic E-state index is 5.88. The summed E-state index contributed by atoms with van der Waals surface area (Å²) in [5, 5.41) is 7.40. The van der Waals surface area contributed by atoms with Gasteiger partial charge < -0.3 is 15.0 Å². The number of rotatable bonds is 6. The number of nitrogens with one attached hydrogen (secondary N) is 1. The molecule has 1 N–H and O–H groups in total. The van der Waals surface area contributed by atoms with Crippen molar-refractivity contribution in [2.75, 3.05) is 27.2 Å². The fourth-order valence-corrected chi connectivity index (χ4v) is 2.52. The molecule has 0 saturated carbocycles. The molecule has 2 rings (SSSR count). The topological polar surface area (TPSA) is 67.6 Å². The summed E-state index contributed by atoms with van der Waals surface area (Å²) in [7, 11) is 5.62. The quantitative estimate of drug-likeness (QED) is 0.295. The zero-order chi connectivity index (χ0) is 19.2. The Hall–Kier alpha value is -1.84. The van der Waals surface area contributed by atoms with Crippen molar-refractivity contribution in [3.8, 4) is 5.75 Å². The number of ether oxygens (including phenoxy) is 1. The number of halogens is 1. The second-order valence-corrected chi connectivity index (χ2v) is 7.26. The normalized spacial score (nSPS) is 11.7. The van der Waals surface area contributed by atoms with Crippen LogP contribution in [0.15, 0.2) is 35.6 Å². The van der Waals surface area contributed by atoms with Crippen molar-refractivity contribution >= 4 is 29.9 Å². The minimum Gasteiger partial charge on any atom is -0.492 e. The largest absolute Gasteiger partial charge is 0.492 e. The van der Waals surface area contributed by atoms with E-state index in [0.717, 1.165) is 17.5 Å². The number of hydrogen-bond donors (Lipinski definition) is 1. The van der Waals surface area contributed by atoms with E-state index in [4.69, 9.17) is 4.74 Å². The Morgan fingerprint density at radius 2 is 2.07 bits per heavy atom. The first kappa shape index (κ1) is 23.2. The fraction of sp³-hybridized carbons (Fsp3) is 0.526. The van der Waals surface area contributed by atoms with E-state index in [-0.39, 0.29) is 29.4 Å². The number of aryl methyl sites for hydroxylation is 1. The van der Waals surface area contributed by atoms with Gasteiger partial charge in [0.2, 0.25) is 0 Å². The average molecular weight is 486 g/mol. The number of aromatic nitrogens is 3. The molecule has 0 atom stereocenters. The highest BCUT2D eigenvalue weighted by Crippen LogP contribution is 2.25. The molecule has 0 amide bonds. The first-order valence-electron chi connectivity index (χ1n) is 8.79. The molecule has 0 unspecified atom stereocenters. The third kappa shape index (κ3) is 7.00. The van der Waals surface area contributed by atoms with Crippen molar-refractivity contribution in [3.05, 3.63) is 42.0 Å². The Morgan fingerprint density at radius 1 is 1.33 bits per heavy atom. The molecule has 0 aliphatic heterocycles. The van der Waals surface area contributed by atoms with Gasteiger partial charge in [-0.05, 0) is 23.1 Å². The summed E-state index contributed by atoms with van der Waals surface area (Å²) in [6.07, 6.45) is 1.55. The van der Waals surface area contributed by atoms with Crippen LogP contribution in [0.5, 0.6) is 5.75 Å². The number of hydrogen-bond acceptors (Lipinski definition) is 4. The number of nitrogens with zero attached hydrogens (tertiary/aromatic N) is 5. The average Bonchev–Trinajstić information content (AvgIpc) is 2.99. The Bertz CT molecular complexity index is 738. The lowest BCUT2D eigenvalue weighted by Crippen LogP contribution is -2.40. The Kier molecular flexibility index (Phi) is 9.01. The molecule has 8 heteroatoms. The first-order valence-corrected chi connectivity index (χ1v) is 8.79. The summed E-state index contributed by atoms with van der Waals surface area (Å²) in [4.78, 5) is 10.6. The van der Waals surface area contributed by atoms with Crippen molar-refractivity contribution < 1.29 is 4.74 Å². The molecule has 27 heavy (non-hydrogen) atoms. The highest BCUT2D eigenvalue weighted by molar-refractivity contribution is 14.0. The molecule has 2 aromatic rings. The molecule has 0 radical (unpaired) electrons. The minimum atomic E-state index is 0. The van der Waals surface area contributed by atoms with E-state index in [9.17, 15) is 0 Å². The summed E-state index contributed by atoms with van der Waals surface area (Å²) in [6, 6.07) is 8.27. The Labute approximate surface area is 179 Å². The van der Waals surface area contributed by atoms with Crippen LogP contribution in [0.25, 0.3) is 0 Å². The van der Waals surface area contributed by atoms with Crippen molar-refractivity contribution in [1.29, 1.82) is 0 Å². The van der Waals surface area contributed by atoms with E-state index in [1.165, 1.54) is 5.56 Å². The summed E-state index contributed by atoms with van der Waals surface area (Å²) in [5.41, 5.74) is 1.38. The minimum absolute atomic E-state index is 0. The van der Waals surface area contributed by atoms with Gasteiger partial charge in [0.25, 0.3) is 0 Å². The van der Waals surface area contributed by atoms with Gasteiger partial charge in [0.15, 0.2) is 5.96 Å². The molecule has 0 aliphatic rings. The van der Waals surface area contributed by atoms with Gasteiger partial charge in [0.05, 0.1) is 13.1 Å². The molecule has 0 aliphatic carbocycles. The van der Waals surface area contributed by atoms with E-state index >= 15 is 0 Å². The highest BCUT2D eigenvalue weighted by atomic mass is 127. The van der Waals surface area contributed by atoms with Gasteiger partial charge in [-0.1, -0.05) is 32.9 Å². The van der Waals surface area contributed by atoms with Crippen LogP contribution in [-0.4, -0.2) is 52.9 Å². The lowest BCUT2D eigenvalue weighted by molar-refractivity contribution is 0.318. The van der Waals surface area contributed by atoms with E-state index in [1.54, 1.807) is 18.1 Å². The van der Waals surface area contributed by atoms with Gasteiger partial charge in [0.1, 0.15) is 24.5 Å². The van der Waals surface area contributed by atoms with Gasteiger partial charge >= 0.3 is 0 Å². The zero-order valence-corrected chi connectivity index (χ0v) is 19.4. The molecule has 0 spiro atoms. The summed E-state index contributed by atoms with van der Waals surface area (Å²) in [5.74, 6) is 2.56. The van der Waals surface area contributed by atoms with Crippen LogP contribution in [0.4, 0.5) is 0 Å². The molecule has 0 fully saturated rings. The second-order valence-electron chi connectivity index (χ2n) is 7.26. The highest BCUT2D eigenvalue weighted by Gasteiger charge is 2.14. The predicted molar refractivity (Wildman–Crippen MR) is 120 cm³/mol. The molecular formula is C19H31IN6O. The zero-order valence-electron chi connectivity index (χ0n) is 17.1. The van der Waals surface area contributed by atoms with Gasteiger partial charge in [-0.3, -0.25) is 9.67 Å². The van der Waals surface area contributed by atoms with Gasteiger partial charge in [-0.2, -0.15) is 5.10 Å². The van der Waals surface area contributed by atoms with Crippen LogP contribution >= 0.6 is 24.0 Å². The SMILES string of the molecule is CN=C(NCCOc1cccc(C(C)(C)C)c1)N(C)Cc1ncnn1C.I. The van der Waals surface area contributed by atoms with Crippen LogP contribution in [0.3, 0.4) is 0 Å². The maximum Gasteiger partial charge on any atom is 0.193 e. The van der Waals surface area contributed by atoms with Crippen molar-refractivity contribution in [1.82, 2.24) is 25.0 Å². The molecule has 1 heterocycles. The molecule has 0 saturated heterocycles. The van der Waals surface area contributed by atoms with E-state index in [2.05, 4.69) is 53.3 Å². The molecule has 0 bridgehead atoms.